The van der Waals surface area contributed by atoms with Crippen LogP contribution in [0.25, 0.3) is 17.4 Å². The molecule has 4 aromatic rings. The van der Waals surface area contributed by atoms with E-state index in [1.807, 2.05) is 53.9 Å². The molecule has 0 spiro atoms. The second kappa shape index (κ2) is 8.74. The van der Waals surface area contributed by atoms with Crippen molar-refractivity contribution in [3.8, 4) is 11.3 Å². The Bertz CT molecular complexity index is 1560. The van der Waals surface area contributed by atoms with Gasteiger partial charge < -0.3 is 9.15 Å². The molecule has 1 aromatic carbocycles. The molecule has 0 fully saturated rings. The summed E-state index contributed by atoms with van der Waals surface area (Å²) in [4.78, 5) is 32.0. The normalized spacial score (nSPS) is 16.0. The molecule has 0 radical (unpaired) electrons. The Labute approximate surface area is 204 Å². The summed E-state index contributed by atoms with van der Waals surface area (Å²) in [7, 11) is 1.33. The minimum absolute atomic E-state index is 0.229. The Kier molecular flexibility index (Phi) is 5.77. The molecule has 4 heterocycles. The average molecular weight is 541 g/mol. The van der Waals surface area contributed by atoms with Gasteiger partial charge in [-0.1, -0.05) is 45.5 Å². The Morgan fingerprint density at radius 3 is 2.70 bits per heavy atom. The van der Waals surface area contributed by atoms with Crippen LogP contribution in [0.5, 0.6) is 0 Å². The number of carbonyl (C=O) groups excluding carboxylic acids is 1. The SMILES string of the molecule is COC(=O)C1=C(C)N=c2s/c(=C\c3ccc(-c4ccc(Br)cc4)o3)c(=O)n2C1c1cccs1. The number of hydrogen-bond donors (Lipinski definition) is 0. The summed E-state index contributed by atoms with van der Waals surface area (Å²) in [6.07, 6.45) is 1.72. The largest absolute Gasteiger partial charge is 0.466 e. The average Bonchev–Trinajstić information content (AvgIpc) is 3.55. The molecule has 0 aliphatic carbocycles. The van der Waals surface area contributed by atoms with E-state index in [1.54, 1.807) is 17.6 Å². The van der Waals surface area contributed by atoms with Crippen molar-refractivity contribution in [3.63, 3.8) is 0 Å². The van der Waals surface area contributed by atoms with E-state index in [2.05, 4.69) is 20.9 Å². The van der Waals surface area contributed by atoms with E-state index < -0.39 is 12.0 Å². The number of aromatic nitrogens is 1. The first-order valence-corrected chi connectivity index (χ1v) is 12.4. The van der Waals surface area contributed by atoms with Crippen LogP contribution in [0.2, 0.25) is 0 Å². The van der Waals surface area contributed by atoms with Crippen LogP contribution in [0.4, 0.5) is 0 Å². The van der Waals surface area contributed by atoms with Crippen LogP contribution in [0.1, 0.15) is 23.6 Å². The van der Waals surface area contributed by atoms with E-state index in [1.165, 1.54) is 29.8 Å². The molecule has 1 atom stereocenters. The molecule has 33 heavy (non-hydrogen) atoms. The van der Waals surface area contributed by atoms with E-state index in [0.29, 0.717) is 32.1 Å². The van der Waals surface area contributed by atoms with Crippen LogP contribution >= 0.6 is 38.6 Å². The summed E-state index contributed by atoms with van der Waals surface area (Å²) in [6.45, 7) is 1.76. The van der Waals surface area contributed by atoms with E-state index in [4.69, 9.17) is 9.15 Å². The van der Waals surface area contributed by atoms with E-state index >= 15 is 0 Å². The lowest BCUT2D eigenvalue weighted by atomic mass is 10.0. The van der Waals surface area contributed by atoms with Gasteiger partial charge in [0.15, 0.2) is 4.80 Å². The quantitative estimate of drug-likeness (QED) is 0.357. The number of allylic oxidation sites excluding steroid dienone is 1. The first-order valence-electron chi connectivity index (χ1n) is 9.96. The first-order chi connectivity index (χ1) is 16.0. The molecule has 0 amide bonds. The standard InChI is InChI=1S/C24H17BrN2O4S2/c1-13-20(23(29)30-2)21(18-4-3-11-32-18)27-22(28)19(33-24(27)26-13)12-16-9-10-17(31-16)14-5-7-15(25)8-6-14/h3-12,21H,1-2H3/b19-12-. The second-order valence-corrected chi connectivity index (χ2v) is 10.2. The van der Waals surface area contributed by atoms with E-state index in [9.17, 15) is 9.59 Å². The number of carbonyl (C=O) groups is 1. The zero-order chi connectivity index (χ0) is 23.1. The van der Waals surface area contributed by atoms with Gasteiger partial charge in [0.05, 0.1) is 22.9 Å². The molecule has 0 saturated heterocycles. The fourth-order valence-electron chi connectivity index (χ4n) is 3.74. The van der Waals surface area contributed by atoms with Crippen molar-refractivity contribution in [2.45, 2.75) is 13.0 Å². The predicted molar refractivity (Wildman–Crippen MR) is 132 cm³/mol. The fourth-order valence-corrected chi connectivity index (χ4v) is 5.85. The molecule has 5 rings (SSSR count). The number of ether oxygens (including phenoxy) is 1. The lowest BCUT2D eigenvalue weighted by molar-refractivity contribution is -0.136. The van der Waals surface area contributed by atoms with Crippen molar-refractivity contribution in [2.24, 2.45) is 4.99 Å². The first kappa shape index (κ1) is 21.8. The summed E-state index contributed by atoms with van der Waals surface area (Å²) in [5.41, 5.74) is 1.63. The molecule has 1 unspecified atom stereocenters. The number of methoxy groups -OCH3 is 1. The van der Waals surface area contributed by atoms with Crippen LogP contribution in [0.15, 0.2) is 83.9 Å². The fraction of sp³-hybridized carbons (Fsp3) is 0.125. The maximum Gasteiger partial charge on any atom is 0.338 e. The summed E-state index contributed by atoms with van der Waals surface area (Å²) >= 11 is 6.18. The lowest BCUT2D eigenvalue weighted by Crippen LogP contribution is -2.39. The molecule has 0 N–H and O–H groups in total. The zero-order valence-corrected chi connectivity index (χ0v) is 20.8. The smallest absolute Gasteiger partial charge is 0.338 e. The predicted octanol–water partition coefficient (Wildman–Crippen LogP) is 4.49. The van der Waals surface area contributed by atoms with Crippen LogP contribution in [0, 0.1) is 0 Å². The Balaban J connectivity index is 1.62. The van der Waals surface area contributed by atoms with Gasteiger partial charge in [0.25, 0.3) is 5.56 Å². The highest BCUT2D eigenvalue weighted by Gasteiger charge is 2.33. The van der Waals surface area contributed by atoms with Gasteiger partial charge in [-0.3, -0.25) is 9.36 Å². The Morgan fingerprint density at radius 2 is 2.00 bits per heavy atom. The third-order valence-corrected chi connectivity index (χ3v) is 7.70. The monoisotopic (exact) mass is 540 g/mol. The van der Waals surface area contributed by atoms with Gasteiger partial charge in [-0.2, -0.15) is 0 Å². The molecule has 3 aromatic heterocycles. The van der Waals surface area contributed by atoms with E-state index in [0.717, 1.165) is 14.9 Å². The molecule has 9 heteroatoms. The molecule has 0 saturated carbocycles. The number of esters is 1. The van der Waals surface area contributed by atoms with Crippen molar-refractivity contribution in [2.75, 3.05) is 7.11 Å². The number of thiophene rings is 1. The topological polar surface area (TPSA) is 73.8 Å². The van der Waals surface area contributed by atoms with Crippen LogP contribution in [-0.4, -0.2) is 17.6 Å². The minimum atomic E-state index is -0.578. The maximum absolute atomic E-state index is 13.5. The highest BCUT2D eigenvalue weighted by Crippen LogP contribution is 2.33. The van der Waals surface area contributed by atoms with Crippen molar-refractivity contribution in [1.29, 1.82) is 0 Å². The number of thiazole rings is 1. The summed E-state index contributed by atoms with van der Waals surface area (Å²) in [5, 5.41) is 1.92. The van der Waals surface area contributed by atoms with Gasteiger partial charge in [0.2, 0.25) is 0 Å². The molecule has 6 nitrogen and oxygen atoms in total. The van der Waals surface area contributed by atoms with Crippen molar-refractivity contribution in [1.82, 2.24) is 4.57 Å². The number of benzene rings is 1. The number of hydrogen-bond acceptors (Lipinski definition) is 7. The molecule has 1 aliphatic heterocycles. The molecule has 166 valence electrons. The van der Waals surface area contributed by atoms with Crippen LogP contribution < -0.4 is 14.9 Å². The zero-order valence-electron chi connectivity index (χ0n) is 17.6. The van der Waals surface area contributed by atoms with Crippen molar-refractivity contribution < 1.29 is 13.9 Å². The highest BCUT2D eigenvalue weighted by molar-refractivity contribution is 9.10. The van der Waals surface area contributed by atoms with E-state index in [-0.39, 0.29) is 5.56 Å². The van der Waals surface area contributed by atoms with Gasteiger partial charge in [-0.25, -0.2) is 9.79 Å². The molecule has 1 aliphatic rings. The minimum Gasteiger partial charge on any atom is -0.466 e. The lowest BCUT2D eigenvalue weighted by Gasteiger charge is -2.22. The Morgan fingerprint density at radius 1 is 1.21 bits per heavy atom. The third-order valence-electron chi connectivity index (χ3n) is 5.27. The molecular weight excluding hydrogens is 524 g/mol. The van der Waals surface area contributed by atoms with Gasteiger partial charge in [-0.05, 0) is 42.6 Å². The molecular formula is C24H17BrN2O4S2. The summed E-state index contributed by atoms with van der Waals surface area (Å²) in [5.74, 6) is 0.783. The summed E-state index contributed by atoms with van der Waals surface area (Å²) < 4.78 is 14.0. The van der Waals surface area contributed by atoms with Gasteiger partial charge in [0.1, 0.15) is 17.6 Å². The Hall–Kier alpha value is -3.01. The number of fused-ring (bicyclic) bond motifs is 1. The van der Waals surface area contributed by atoms with Crippen molar-refractivity contribution in [3.05, 3.63) is 100.0 Å². The van der Waals surface area contributed by atoms with Gasteiger partial charge in [-0.15, -0.1) is 11.3 Å². The van der Waals surface area contributed by atoms with Crippen LogP contribution in [0.3, 0.4) is 0 Å². The number of furan rings is 1. The molecule has 0 bridgehead atoms. The second-order valence-electron chi connectivity index (χ2n) is 7.30. The third kappa shape index (κ3) is 3.96. The highest BCUT2D eigenvalue weighted by atomic mass is 79.9. The number of nitrogens with zero attached hydrogens (tertiary/aromatic N) is 2. The van der Waals surface area contributed by atoms with Crippen LogP contribution in [-0.2, 0) is 9.53 Å². The maximum atomic E-state index is 13.5. The van der Waals surface area contributed by atoms with Gasteiger partial charge >= 0.3 is 5.97 Å². The number of rotatable bonds is 4. The summed E-state index contributed by atoms with van der Waals surface area (Å²) in [6, 6.07) is 14.7. The van der Waals surface area contributed by atoms with Gasteiger partial charge in [0, 0.05) is 21.0 Å². The van der Waals surface area contributed by atoms with Crippen molar-refractivity contribution >= 4 is 50.6 Å². The number of halogens is 1.